The Kier molecular flexibility index (Phi) is 16.1. The van der Waals surface area contributed by atoms with Gasteiger partial charge in [-0.15, -0.1) is 0 Å². The molecule has 1 aromatic carbocycles. The van der Waals surface area contributed by atoms with Gasteiger partial charge >= 0.3 is 6.09 Å². The van der Waals surface area contributed by atoms with E-state index >= 15 is 0 Å². The number of hydrogen-bond donors (Lipinski definition) is 2. The average molecular weight is 504 g/mol. The third-order valence-corrected chi connectivity index (χ3v) is 4.89. The lowest BCUT2D eigenvalue weighted by molar-refractivity contribution is -0.125. The highest BCUT2D eigenvalue weighted by Gasteiger charge is 2.16. The molecule has 1 unspecified atom stereocenters. The number of nitrogens with one attached hydrogen (secondary N) is 1. The Morgan fingerprint density at radius 2 is 1.69 bits per heavy atom. The molecule has 36 heavy (non-hydrogen) atoms. The number of hydrogen-bond acceptors (Lipinski definition) is 7. The van der Waals surface area contributed by atoms with Crippen LogP contribution in [0.1, 0.15) is 59.9 Å². The van der Waals surface area contributed by atoms with Gasteiger partial charge in [0, 0.05) is 29.7 Å². The molecule has 0 aliphatic carbocycles. The van der Waals surface area contributed by atoms with E-state index in [4.69, 9.17) is 9.47 Å². The molecule has 0 spiro atoms. The van der Waals surface area contributed by atoms with Crippen molar-refractivity contribution in [3.05, 3.63) is 65.3 Å². The number of amides is 1. The summed E-state index contributed by atoms with van der Waals surface area (Å²) < 4.78 is 14.8. The Balaban J connectivity index is 0.000000918. The molecule has 0 fully saturated rings. The molecule has 1 rings (SSSR count). The van der Waals surface area contributed by atoms with Crippen LogP contribution in [-0.2, 0) is 19.1 Å². The van der Waals surface area contributed by atoms with Crippen molar-refractivity contribution in [2.75, 3.05) is 7.11 Å². The number of aryl methyl sites for hydroxylation is 1. The molecule has 0 radical (unpaired) electrons. The van der Waals surface area contributed by atoms with Gasteiger partial charge in [0.2, 0.25) is 0 Å². The van der Waals surface area contributed by atoms with Crippen LogP contribution >= 0.6 is 0 Å². The molecule has 200 valence electrons. The van der Waals surface area contributed by atoms with Crippen molar-refractivity contribution in [1.82, 2.24) is 5.32 Å². The SMILES string of the molecule is COC(=O)N/C=C/CCC(C)/C(=C/C(O)=C(\C)C(=O)C(C)C)OC=O.Cc1ccc(OC(C)C)cc1. The van der Waals surface area contributed by atoms with E-state index in [0.29, 0.717) is 12.8 Å². The first-order valence-electron chi connectivity index (χ1n) is 11.9. The van der Waals surface area contributed by atoms with E-state index in [2.05, 4.69) is 29.1 Å². The van der Waals surface area contributed by atoms with Gasteiger partial charge in [0.1, 0.15) is 17.3 Å². The fourth-order valence-corrected chi connectivity index (χ4v) is 2.80. The summed E-state index contributed by atoms with van der Waals surface area (Å²) in [5, 5.41) is 12.5. The van der Waals surface area contributed by atoms with E-state index in [-0.39, 0.29) is 47.3 Å². The average Bonchev–Trinajstić information content (AvgIpc) is 2.83. The minimum absolute atomic E-state index is 0.177. The second kappa shape index (κ2) is 17.8. The molecule has 1 atom stereocenters. The standard InChI is InChI=1S/C18H27NO6.C10H14O/c1-12(2)17(22)14(4)15(21)10-16(25-11-20)13(3)8-6-7-9-19-18(23)24-5;1-8(2)11-10-6-4-9(3)5-7-10/h7,9-13,21H,6,8H2,1-5H3,(H,19,23);4-8H,1-3H3/b9-7+,15-14-,16-10-;. The first-order valence-corrected chi connectivity index (χ1v) is 11.9. The van der Waals surface area contributed by atoms with Crippen molar-refractivity contribution in [3.63, 3.8) is 0 Å². The molecule has 0 heterocycles. The maximum atomic E-state index is 11.9. The van der Waals surface area contributed by atoms with Crippen molar-refractivity contribution in [3.8, 4) is 5.75 Å². The van der Waals surface area contributed by atoms with Crippen molar-refractivity contribution in [2.45, 2.75) is 67.4 Å². The number of ether oxygens (including phenoxy) is 3. The van der Waals surface area contributed by atoms with Gasteiger partial charge in [0.05, 0.1) is 13.2 Å². The number of rotatable bonds is 12. The molecule has 1 amide bonds. The van der Waals surface area contributed by atoms with Crippen molar-refractivity contribution in [1.29, 1.82) is 0 Å². The van der Waals surface area contributed by atoms with Gasteiger partial charge in [0.15, 0.2) is 5.78 Å². The van der Waals surface area contributed by atoms with E-state index < -0.39 is 6.09 Å². The number of allylic oxidation sites excluding steroid dienone is 4. The first kappa shape index (κ1) is 32.5. The van der Waals surface area contributed by atoms with Gasteiger partial charge in [-0.3, -0.25) is 14.9 Å². The van der Waals surface area contributed by atoms with Crippen LogP contribution in [-0.4, -0.2) is 36.7 Å². The topological polar surface area (TPSA) is 111 Å². The lowest BCUT2D eigenvalue weighted by Crippen LogP contribution is -2.16. The third-order valence-electron chi connectivity index (χ3n) is 4.89. The minimum atomic E-state index is -0.561. The Bertz CT molecular complexity index is 912. The summed E-state index contributed by atoms with van der Waals surface area (Å²) in [5.41, 5.74) is 1.48. The summed E-state index contributed by atoms with van der Waals surface area (Å²) in [7, 11) is 1.27. The molecule has 0 saturated carbocycles. The smallest absolute Gasteiger partial charge is 0.410 e. The highest BCUT2D eigenvalue weighted by Crippen LogP contribution is 2.21. The van der Waals surface area contributed by atoms with Gasteiger partial charge < -0.3 is 19.3 Å². The quantitative estimate of drug-likeness (QED) is 0.152. The zero-order chi connectivity index (χ0) is 27.7. The number of Topliss-reactive ketones (excluding diaryl/α,β-unsaturated/α-hetero) is 1. The van der Waals surface area contributed by atoms with Crippen LogP contribution in [0.5, 0.6) is 5.75 Å². The summed E-state index contributed by atoms with van der Waals surface area (Å²) in [6, 6.07) is 8.10. The van der Waals surface area contributed by atoms with Gasteiger partial charge in [-0.2, -0.15) is 0 Å². The van der Waals surface area contributed by atoms with Gasteiger partial charge in [-0.05, 0) is 52.7 Å². The van der Waals surface area contributed by atoms with E-state index in [9.17, 15) is 19.5 Å². The fourth-order valence-electron chi connectivity index (χ4n) is 2.80. The molecule has 1 aromatic rings. The van der Waals surface area contributed by atoms with E-state index in [1.54, 1.807) is 19.9 Å². The molecular weight excluding hydrogens is 462 g/mol. The lowest BCUT2D eigenvalue weighted by Gasteiger charge is -2.13. The molecule has 0 aliphatic rings. The van der Waals surface area contributed by atoms with Crippen LogP contribution in [0.3, 0.4) is 0 Å². The summed E-state index contributed by atoms with van der Waals surface area (Å²) in [4.78, 5) is 33.5. The minimum Gasteiger partial charge on any atom is -0.507 e. The van der Waals surface area contributed by atoms with Crippen LogP contribution < -0.4 is 10.1 Å². The number of aliphatic hydroxyl groups excluding tert-OH is 1. The summed E-state index contributed by atoms with van der Waals surface area (Å²) in [5.74, 6) is 0.394. The Labute approximate surface area is 215 Å². The predicted molar refractivity (Wildman–Crippen MR) is 140 cm³/mol. The first-order chi connectivity index (χ1) is 16.9. The number of aliphatic hydroxyl groups is 1. The third kappa shape index (κ3) is 14.0. The van der Waals surface area contributed by atoms with E-state index in [1.165, 1.54) is 31.9 Å². The van der Waals surface area contributed by atoms with Gasteiger partial charge in [-0.25, -0.2) is 4.79 Å². The molecule has 8 nitrogen and oxygen atoms in total. The van der Waals surface area contributed by atoms with Crippen LogP contribution in [0, 0.1) is 18.8 Å². The number of methoxy groups -OCH3 is 1. The van der Waals surface area contributed by atoms with Gasteiger partial charge in [-0.1, -0.05) is 44.5 Å². The van der Waals surface area contributed by atoms with Crippen LogP contribution in [0.4, 0.5) is 4.79 Å². The normalized spacial score (nSPS) is 12.9. The van der Waals surface area contributed by atoms with Crippen molar-refractivity contribution in [2.24, 2.45) is 11.8 Å². The molecule has 0 aliphatic heterocycles. The molecule has 0 bridgehead atoms. The molecule has 8 heteroatoms. The fraction of sp³-hybridized carbons (Fsp3) is 0.464. The second-order valence-electron chi connectivity index (χ2n) is 8.79. The summed E-state index contributed by atoms with van der Waals surface area (Å²) >= 11 is 0. The van der Waals surface area contributed by atoms with E-state index in [0.717, 1.165) is 5.75 Å². The second-order valence-corrected chi connectivity index (χ2v) is 8.79. The number of benzene rings is 1. The van der Waals surface area contributed by atoms with Crippen LogP contribution in [0.25, 0.3) is 0 Å². The number of alkyl carbamates (subject to hydrolysis) is 1. The number of carbonyl (C=O) groups excluding carboxylic acids is 3. The predicted octanol–water partition coefficient (Wildman–Crippen LogP) is 6.17. The zero-order valence-corrected chi connectivity index (χ0v) is 22.7. The Morgan fingerprint density at radius 3 is 2.19 bits per heavy atom. The highest BCUT2D eigenvalue weighted by molar-refractivity contribution is 5.96. The van der Waals surface area contributed by atoms with E-state index in [1.807, 2.05) is 32.9 Å². The maximum Gasteiger partial charge on any atom is 0.410 e. The monoisotopic (exact) mass is 503 g/mol. The molecule has 0 aromatic heterocycles. The zero-order valence-electron chi connectivity index (χ0n) is 22.7. The Hall–Kier alpha value is -3.55. The van der Waals surface area contributed by atoms with Crippen LogP contribution in [0.15, 0.2) is 59.7 Å². The molecule has 2 N–H and O–H groups in total. The van der Waals surface area contributed by atoms with Crippen molar-refractivity contribution < 1.29 is 33.7 Å². The van der Waals surface area contributed by atoms with Crippen molar-refractivity contribution >= 4 is 18.3 Å². The van der Waals surface area contributed by atoms with Gasteiger partial charge in [0.25, 0.3) is 6.47 Å². The summed E-state index contributed by atoms with van der Waals surface area (Å²) in [6.07, 6.45) is 5.39. The number of carbonyl (C=O) groups is 3. The highest BCUT2D eigenvalue weighted by atomic mass is 16.5. The van der Waals surface area contributed by atoms with Crippen LogP contribution in [0.2, 0.25) is 0 Å². The molecule has 0 saturated heterocycles. The summed E-state index contributed by atoms with van der Waals surface area (Å²) in [6.45, 7) is 13.2. The number of ketones is 1. The molecular formula is C28H41NO7. The Morgan fingerprint density at radius 1 is 1.08 bits per heavy atom. The largest absolute Gasteiger partial charge is 0.507 e. The lowest BCUT2D eigenvalue weighted by atomic mass is 9.99. The maximum absolute atomic E-state index is 11.9.